The number of carbonyl (C=O) groups excluding carboxylic acids is 4. The number of carbonyl (C=O) groups is 4. The lowest BCUT2D eigenvalue weighted by Crippen LogP contribution is -2.27. The summed E-state index contributed by atoms with van der Waals surface area (Å²) in [7, 11) is 0. The van der Waals surface area contributed by atoms with E-state index in [0.29, 0.717) is 17.7 Å². The quantitative estimate of drug-likeness (QED) is 0.519. The van der Waals surface area contributed by atoms with E-state index in [-0.39, 0.29) is 30.6 Å². The Bertz CT molecular complexity index is 966. The number of benzene rings is 2. The Morgan fingerprint density at radius 1 is 1.06 bits per heavy atom. The standard InChI is InChI=1S/C24H26N2O5/c1-3-4-22(28)25-19-9-7-17(8-10-19)21(27)15-31-24(30)18-13-23(29)26(14-18)20-11-5-16(2)6-12-20/h5-12,18H,3-4,13-15H2,1-2H3,(H,25,28)/t18-/m1/s1. The fourth-order valence-corrected chi connectivity index (χ4v) is 3.37. The molecule has 7 heteroatoms. The molecule has 1 saturated heterocycles. The average molecular weight is 422 g/mol. The van der Waals surface area contributed by atoms with Crippen LogP contribution in [0.25, 0.3) is 0 Å². The van der Waals surface area contributed by atoms with Crippen LogP contribution in [0.3, 0.4) is 0 Å². The van der Waals surface area contributed by atoms with Gasteiger partial charge in [-0.25, -0.2) is 0 Å². The molecule has 1 aliphatic rings. The van der Waals surface area contributed by atoms with Crippen LogP contribution in [-0.4, -0.2) is 36.7 Å². The third kappa shape index (κ3) is 5.78. The molecule has 2 aromatic rings. The third-order valence-corrected chi connectivity index (χ3v) is 5.12. The predicted molar refractivity (Wildman–Crippen MR) is 117 cm³/mol. The zero-order valence-corrected chi connectivity index (χ0v) is 17.7. The summed E-state index contributed by atoms with van der Waals surface area (Å²) >= 11 is 0. The number of hydrogen-bond acceptors (Lipinski definition) is 5. The smallest absolute Gasteiger partial charge is 0.311 e. The Kier molecular flexibility index (Phi) is 7.18. The molecule has 1 fully saturated rings. The number of rotatable bonds is 8. The van der Waals surface area contributed by atoms with Crippen molar-refractivity contribution in [1.82, 2.24) is 0 Å². The van der Waals surface area contributed by atoms with Gasteiger partial charge in [0.05, 0.1) is 5.92 Å². The lowest BCUT2D eigenvalue weighted by Gasteiger charge is -2.16. The van der Waals surface area contributed by atoms with E-state index in [1.165, 1.54) is 0 Å². The Balaban J connectivity index is 1.51. The van der Waals surface area contributed by atoms with E-state index >= 15 is 0 Å². The molecule has 0 spiro atoms. The van der Waals surface area contributed by atoms with Crippen LogP contribution >= 0.6 is 0 Å². The van der Waals surface area contributed by atoms with Crippen LogP contribution < -0.4 is 10.2 Å². The van der Waals surface area contributed by atoms with E-state index < -0.39 is 18.5 Å². The van der Waals surface area contributed by atoms with Gasteiger partial charge in [-0.15, -0.1) is 0 Å². The number of nitrogens with one attached hydrogen (secondary N) is 1. The van der Waals surface area contributed by atoms with Gasteiger partial charge in [0.1, 0.15) is 0 Å². The molecule has 1 atom stereocenters. The number of ketones is 1. The number of hydrogen-bond donors (Lipinski definition) is 1. The average Bonchev–Trinajstić information content (AvgIpc) is 3.14. The summed E-state index contributed by atoms with van der Waals surface area (Å²) in [5.41, 5.74) is 2.81. The van der Waals surface area contributed by atoms with Gasteiger partial charge in [-0.3, -0.25) is 19.2 Å². The molecule has 1 aliphatic heterocycles. The van der Waals surface area contributed by atoms with Crippen molar-refractivity contribution >= 4 is 34.9 Å². The van der Waals surface area contributed by atoms with Gasteiger partial charge in [0.2, 0.25) is 11.8 Å². The molecule has 0 aromatic heterocycles. The molecular formula is C24H26N2O5. The highest BCUT2D eigenvalue weighted by molar-refractivity contribution is 6.01. The number of nitrogens with zero attached hydrogens (tertiary/aromatic N) is 1. The molecule has 0 aliphatic carbocycles. The first-order chi connectivity index (χ1) is 14.9. The van der Waals surface area contributed by atoms with Crippen LogP contribution in [0, 0.1) is 12.8 Å². The van der Waals surface area contributed by atoms with Crippen molar-refractivity contribution in [1.29, 1.82) is 0 Å². The molecule has 162 valence electrons. The number of Topliss-reactive ketones (excluding diaryl/α,β-unsaturated/α-hetero) is 1. The normalized spacial score (nSPS) is 15.6. The Labute approximate surface area is 181 Å². The zero-order chi connectivity index (χ0) is 22.4. The fraction of sp³-hybridized carbons (Fsp3) is 0.333. The minimum atomic E-state index is -0.599. The Morgan fingerprint density at radius 2 is 1.74 bits per heavy atom. The maximum absolute atomic E-state index is 12.4. The van der Waals surface area contributed by atoms with Crippen molar-refractivity contribution in [2.24, 2.45) is 5.92 Å². The van der Waals surface area contributed by atoms with Gasteiger partial charge < -0.3 is 15.0 Å². The van der Waals surface area contributed by atoms with Crippen molar-refractivity contribution in [3.8, 4) is 0 Å². The molecule has 0 saturated carbocycles. The molecule has 1 heterocycles. The van der Waals surface area contributed by atoms with Crippen LogP contribution in [0.4, 0.5) is 11.4 Å². The van der Waals surface area contributed by atoms with Crippen LogP contribution in [0.1, 0.15) is 42.1 Å². The number of anilines is 2. The molecule has 7 nitrogen and oxygen atoms in total. The monoisotopic (exact) mass is 422 g/mol. The first-order valence-electron chi connectivity index (χ1n) is 10.3. The Hall–Kier alpha value is -3.48. The van der Waals surface area contributed by atoms with E-state index in [9.17, 15) is 19.2 Å². The maximum atomic E-state index is 12.4. The lowest BCUT2D eigenvalue weighted by molar-refractivity contribution is -0.147. The summed E-state index contributed by atoms with van der Waals surface area (Å²) in [6.07, 6.45) is 1.25. The van der Waals surface area contributed by atoms with Crippen molar-refractivity contribution in [2.45, 2.75) is 33.1 Å². The largest absolute Gasteiger partial charge is 0.457 e. The molecule has 1 N–H and O–H groups in total. The molecule has 31 heavy (non-hydrogen) atoms. The van der Waals surface area contributed by atoms with E-state index in [2.05, 4.69) is 5.32 Å². The zero-order valence-electron chi connectivity index (χ0n) is 17.7. The van der Waals surface area contributed by atoms with Gasteiger partial charge in [0.25, 0.3) is 0 Å². The minimum absolute atomic E-state index is 0.0626. The summed E-state index contributed by atoms with van der Waals surface area (Å²) < 4.78 is 5.18. The number of esters is 1. The van der Waals surface area contributed by atoms with E-state index in [4.69, 9.17) is 4.74 Å². The predicted octanol–water partition coefficient (Wildman–Crippen LogP) is 3.51. The van der Waals surface area contributed by atoms with Gasteiger partial charge in [0, 0.05) is 36.3 Å². The van der Waals surface area contributed by atoms with E-state index in [0.717, 1.165) is 17.7 Å². The van der Waals surface area contributed by atoms with Gasteiger partial charge >= 0.3 is 5.97 Å². The second-order valence-corrected chi connectivity index (χ2v) is 7.65. The highest BCUT2D eigenvalue weighted by Crippen LogP contribution is 2.26. The van der Waals surface area contributed by atoms with Crippen molar-refractivity contribution < 1.29 is 23.9 Å². The van der Waals surface area contributed by atoms with Gasteiger partial charge in [-0.2, -0.15) is 0 Å². The number of ether oxygens (including phenoxy) is 1. The summed E-state index contributed by atoms with van der Waals surface area (Å²) in [6.45, 7) is 3.73. The van der Waals surface area contributed by atoms with Crippen LogP contribution in [-0.2, 0) is 19.1 Å². The van der Waals surface area contributed by atoms with Gasteiger partial charge in [0.15, 0.2) is 12.4 Å². The highest BCUT2D eigenvalue weighted by atomic mass is 16.5. The summed E-state index contributed by atoms with van der Waals surface area (Å²) in [5, 5.41) is 2.75. The van der Waals surface area contributed by atoms with E-state index in [1.54, 1.807) is 29.2 Å². The van der Waals surface area contributed by atoms with Crippen LogP contribution in [0.5, 0.6) is 0 Å². The molecular weight excluding hydrogens is 396 g/mol. The Morgan fingerprint density at radius 3 is 2.39 bits per heavy atom. The molecule has 2 amide bonds. The number of aryl methyl sites for hydroxylation is 1. The summed E-state index contributed by atoms with van der Waals surface area (Å²) in [5.74, 6) is -1.73. The van der Waals surface area contributed by atoms with E-state index in [1.807, 2.05) is 38.1 Å². The van der Waals surface area contributed by atoms with Crippen molar-refractivity contribution in [3.05, 3.63) is 59.7 Å². The molecule has 0 bridgehead atoms. The highest BCUT2D eigenvalue weighted by Gasteiger charge is 2.36. The topological polar surface area (TPSA) is 92.8 Å². The first kappa shape index (κ1) is 22.2. The SMILES string of the molecule is CCCC(=O)Nc1ccc(C(=O)COC(=O)[C@@H]2CC(=O)N(c3ccc(C)cc3)C2)cc1. The lowest BCUT2D eigenvalue weighted by atomic mass is 10.1. The van der Waals surface area contributed by atoms with Crippen molar-refractivity contribution in [2.75, 3.05) is 23.4 Å². The van der Waals surface area contributed by atoms with Crippen molar-refractivity contribution in [3.63, 3.8) is 0 Å². The third-order valence-electron chi connectivity index (χ3n) is 5.12. The summed E-state index contributed by atoms with van der Waals surface area (Å²) in [4.78, 5) is 50.2. The minimum Gasteiger partial charge on any atom is -0.457 e. The maximum Gasteiger partial charge on any atom is 0.311 e. The number of amides is 2. The molecule has 2 aromatic carbocycles. The summed E-state index contributed by atoms with van der Waals surface area (Å²) in [6, 6.07) is 13.9. The van der Waals surface area contributed by atoms with Crippen LogP contribution in [0.2, 0.25) is 0 Å². The molecule has 0 radical (unpaired) electrons. The second kappa shape index (κ2) is 10.0. The molecule has 3 rings (SSSR count). The fourth-order valence-electron chi connectivity index (χ4n) is 3.37. The second-order valence-electron chi connectivity index (χ2n) is 7.65. The van der Waals surface area contributed by atoms with Gasteiger partial charge in [-0.05, 0) is 49.7 Å². The van der Waals surface area contributed by atoms with Gasteiger partial charge in [-0.1, -0.05) is 24.6 Å². The van der Waals surface area contributed by atoms with Crippen LogP contribution in [0.15, 0.2) is 48.5 Å². The first-order valence-corrected chi connectivity index (χ1v) is 10.3. The molecule has 0 unspecified atom stereocenters.